The summed E-state index contributed by atoms with van der Waals surface area (Å²) in [7, 11) is 3.05. The fourth-order valence-corrected chi connectivity index (χ4v) is 2.17. The number of aromatic nitrogens is 1. The molecule has 1 aromatic heterocycles. The number of aromatic carboxylic acids is 1. The van der Waals surface area contributed by atoms with Crippen molar-refractivity contribution in [1.82, 2.24) is 4.37 Å². The minimum atomic E-state index is -1.07. The number of carboxylic acids is 1. The van der Waals surface area contributed by atoms with Crippen LogP contribution in [0.3, 0.4) is 0 Å². The maximum Gasteiger partial charge on any atom is 0.340 e. The summed E-state index contributed by atoms with van der Waals surface area (Å²) < 4.78 is 8.76. The predicted octanol–water partition coefficient (Wildman–Crippen LogP) is 1.15. The van der Waals surface area contributed by atoms with Gasteiger partial charge in [-0.3, -0.25) is 4.79 Å². The van der Waals surface area contributed by atoms with Crippen LogP contribution in [0.2, 0.25) is 0 Å². The summed E-state index contributed by atoms with van der Waals surface area (Å²) in [5.41, 5.74) is 0.507. The van der Waals surface area contributed by atoms with Crippen molar-refractivity contribution < 1.29 is 19.4 Å². The van der Waals surface area contributed by atoms with Gasteiger partial charge < -0.3 is 14.7 Å². The summed E-state index contributed by atoms with van der Waals surface area (Å²) in [6.45, 7) is 1.92. The zero-order valence-electron chi connectivity index (χ0n) is 9.89. The molecule has 0 aliphatic heterocycles. The van der Waals surface area contributed by atoms with Gasteiger partial charge in [0.25, 0.3) is 0 Å². The van der Waals surface area contributed by atoms with E-state index in [1.165, 1.54) is 19.1 Å². The third-order valence-corrected chi connectivity index (χ3v) is 3.27. The number of amides is 1. The summed E-state index contributed by atoms with van der Waals surface area (Å²) in [5.74, 6) is -1.27. The van der Waals surface area contributed by atoms with Crippen molar-refractivity contribution >= 4 is 28.4 Å². The Morgan fingerprint density at radius 2 is 2.18 bits per heavy atom. The number of carboxylic acid groups (broad SMARTS) is 1. The molecular weight excluding hydrogens is 244 g/mol. The fourth-order valence-electron chi connectivity index (χ4n) is 1.30. The lowest BCUT2D eigenvalue weighted by Crippen LogP contribution is -2.27. The van der Waals surface area contributed by atoms with E-state index in [4.69, 9.17) is 9.84 Å². The van der Waals surface area contributed by atoms with Crippen molar-refractivity contribution in [2.24, 2.45) is 0 Å². The van der Waals surface area contributed by atoms with Gasteiger partial charge in [-0.15, -0.1) is 0 Å². The van der Waals surface area contributed by atoms with E-state index in [0.717, 1.165) is 11.5 Å². The van der Waals surface area contributed by atoms with Gasteiger partial charge in [0, 0.05) is 14.2 Å². The topological polar surface area (TPSA) is 79.7 Å². The number of aryl methyl sites for hydroxylation is 1. The number of rotatable bonds is 5. The Balaban J connectivity index is 2.92. The molecular formula is C10H14N2O4S. The molecule has 0 aliphatic carbocycles. The lowest BCUT2D eigenvalue weighted by Gasteiger charge is -2.15. The van der Waals surface area contributed by atoms with Crippen LogP contribution in [0.25, 0.3) is 0 Å². The SMILES string of the molecule is COCCC(=O)N(C)c1snc(C)c1C(=O)O. The lowest BCUT2D eigenvalue weighted by atomic mass is 10.2. The molecule has 0 saturated carbocycles. The zero-order chi connectivity index (χ0) is 13.0. The molecule has 0 atom stereocenters. The molecule has 0 bridgehead atoms. The van der Waals surface area contributed by atoms with Crippen LogP contribution in [0.1, 0.15) is 22.5 Å². The lowest BCUT2D eigenvalue weighted by molar-refractivity contribution is -0.119. The van der Waals surface area contributed by atoms with Crippen molar-refractivity contribution in [3.63, 3.8) is 0 Å². The van der Waals surface area contributed by atoms with E-state index in [9.17, 15) is 9.59 Å². The molecule has 0 fully saturated rings. The van der Waals surface area contributed by atoms with E-state index in [1.54, 1.807) is 6.92 Å². The Hall–Kier alpha value is -1.47. The molecule has 6 nitrogen and oxygen atoms in total. The maximum atomic E-state index is 11.7. The molecule has 0 aliphatic rings. The predicted molar refractivity (Wildman–Crippen MR) is 63.7 cm³/mol. The number of methoxy groups -OCH3 is 1. The van der Waals surface area contributed by atoms with Crippen LogP contribution in [-0.2, 0) is 9.53 Å². The van der Waals surface area contributed by atoms with Gasteiger partial charge in [0.1, 0.15) is 10.6 Å². The van der Waals surface area contributed by atoms with Gasteiger partial charge in [-0.25, -0.2) is 4.79 Å². The molecule has 17 heavy (non-hydrogen) atoms. The smallest absolute Gasteiger partial charge is 0.340 e. The minimum Gasteiger partial charge on any atom is -0.478 e. The van der Waals surface area contributed by atoms with E-state index in [0.29, 0.717) is 17.3 Å². The van der Waals surface area contributed by atoms with Crippen molar-refractivity contribution in [1.29, 1.82) is 0 Å². The summed E-state index contributed by atoms with van der Waals surface area (Å²) in [4.78, 5) is 24.1. The van der Waals surface area contributed by atoms with Crippen molar-refractivity contribution in [2.75, 3.05) is 25.7 Å². The van der Waals surface area contributed by atoms with Gasteiger partial charge in [-0.2, -0.15) is 4.37 Å². The van der Waals surface area contributed by atoms with Crippen LogP contribution in [0, 0.1) is 6.92 Å². The first-order chi connectivity index (χ1) is 7.99. The number of carbonyl (C=O) groups excluding carboxylic acids is 1. The maximum absolute atomic E-state index is 11.7. The molecule has 0 radical (unpaired) electrons. The van der Waals surface area contributed by atoms with Gasteiger partial charge in [0.05, 0.1) is 18.7 Å². The number of ether oxygens (including phenoxy) is 1. The number of hydrogen-bond acceptors (Lipinski definition) is 5. The number of hydrogen-bond donors (Lipinski definition) is 1. The number of carbonyl (C=O) groups is 2. The fraction of sp³-hybridized carbons (Fsp3) is 0.500. The minimum absolute atomic E-state index is 0.0864. The summed E-state index contributed by atoms with van der Waals surface area (Å²) in [5, 5.41) is 9.40. The molecule has 0 unspecified atom stereocenters. The van der Waals surface area contributed by atoms with Crippen LogP contribution < -0.4 is 4.90 Å². The van der Waals surface area contributed by atoms with Crippen LogP contribution in [0.5, 0.6) is 0 Å². The van der Waals surface area contributed by atoms with Gasteiger partial charge in [0.2, 0.25) is 5.91 Å². The highest BCUT2D eigenvalue weighted by Crippen LogP contribution is 2.28. The second-order valence-corrected chi connectivity index (χ2v) is 4.20. The first-order valence-electron chi connectivity index (χ1n) is 4.94. The molecule has 1 N–H and O–H groups in total. The van der Waals surface area contributed by atoms with E-state index < -0.39 is 5.97 Å². The highest BCUT2D eigenvalue weighted by molar-refractivity contribution is 7.11. The molecule has 1 amide bonds. The average Bonchev–Trinajstić information content (AvgIpc) is 2.66. The summed E-state index contributed by atoms with van der Waals surface area (Å²) in [6, 6.07) is 0. The molecule has 1 aromatic rings. The molecule has 1 heterocycles. The summed E-state index contributed by atoms with van der Waals surface area (Å²) in [6.07, 6.45) is 0.211. The van der Waals surface area contributed by atoms with Gasteiger partial charge >= 0.3 is 5.97 Å². The Bertz CT molecular complexity index is 430. The Labute approximate surface area is 103 Å². The number of anilines is 1. The van der Waals surface area contributed by atoms with Crippen LogP contribution in [0.15, 0.2) is 0 Å². The van der Waals surface area contributed by atoms with E-state index in [1.807, 2.05) is 0 Å². The average molecular weight is 258 g/mol. The summed E-state index contributed by atoms with van der Waals surface area (Å²) >= 11 is 1.01. The molecule has 0 saturated heterocycles. The Morgan fingerprint density at radius 3 is 2.71 bits per heavy atom. The van der Waals surface area contributed by atoms with E-state index in [2.05, 4.69) is 4.37 Å². The van der Waals surface area contributed by atoms with Crippen molar-refractivity contribution in [3.8, 4) is 0 Å². The van der Waals surface area contributed by atoms with Gasteiger partial charge in [0.15, 0.2) is 0 Å². The standard InChI is InChI=1S/C10H14N2O4S/c1-6-8(10(14)15)9(17-11-6)12(2)7(13)4-5-16-3/h4-5H2,1-3H3,(H,14,15). The van der Waals surface area contributed by atoms with Gasteiger partial charge in [-0.1, -0.05) is 0 Å². The second-order valence-electron chi connectivity index (χ2n) is 3.45. The third kappa shape index (κ3) is 3.01. The van der Waals surface area contributed by atoms with Gasteiger partial charge in [-0.05, 0) is 18.5 Å². The van der Waals surface area contributed by atoms with Crippen LogP contribution in [0.4, 0.5) is 5.00 Å². The highest BCUT2D eigenvalue weighted by atomic mass is 32.1. The number of nitrogens with zero attached hydrogens (tertiary/aromatic N) is 2. The van der Waals surface area contributed by atoms with E-state index in [-0.39, 0.29) is 17.9 Å². The third-order valence-electron chi connectivity index (χ3n) is 2.26. The van der Waals surface area contributed by atoms with Crippen LogP contribution >= 0.6 is 11.5 Å². The Kier molecular flexibility index (Phi) is 4.59. The molecule has 0 aromatic carbocycles. The second kappa shape index (κ2) is 5.74. The highest BCUT2D eigenvalue weighted by Gasteiger charge is 2.23. The first-order valence-corrected chi connectivity index (χ1v) is 5.71. The normalized spacial score (nSPS) is 10.3. The molecule has 7 heteroatoms. The molecule has 94 valence electrons. The van der Waals surface area contributed by atoms with Crippen LogP contribution in [-0.4, -0.2) is 42.1 Å². The monoisotopic (exact) mass is 258 g/mol. The van der Waals surface area contributed by atoms with Crippen molar-refractivity contribution in [2.45, 2.75) is 13.3 Å². The van der Waals surface area contributed by atoms with E-state index >= 15 is 0 Å². The first kappa shape index (κ1) is 13.6. The quantitative estimate of drug-likeness (QED) is 0.857. The van der Waals surface area contributed by atoms with Crippen molar-refractivity contribution in [3.05, 3.63) is 11.3 Å². The largest absolute Gasteiger partial charge is 0.478 e. The zero-order valence-corrected chi connectivity index (χ0v) is 10.7. The molecule has 0 spiro atoms. The molecule has 1 rings (SSSR count). The Morgan fingerprint density at radius 1 is 1.53 bits per heavy atom.